The van der Waals surface area contributed by atoms with Gasteiger partial charge in [-0.1, -0.05) is 24.3 Å². The van der Waals surface area contributed by atoms with Crippen LogP contribution in [0.15, 0.2) is 30.3 Å². The number of nitrogens with one attached hydrogen (secondary N) is 1. The molecule has 0 saturated carbocycles. The van der Waals surface area contributed by atoms with E-state index in [1.807, 2.05) is 30.3 Å². The van der Waals surface area contributed by atoms with Crippen molar-refractivity contribution in [2.24, 2.45) is 5.73 Å². The molecule has 5 heteroatoms. The van der Waals surface area contributed by atoms with Gasteiger partial charge in [-0.2, -0.15) is 5.10 Å². The summed E-state index contributed by atoms with van der Waals surface area (Å²) in [5.41, 5.74) is 10.4. The zero-order valence-electron chi connectivity index (χ0n) is 13.2. The lowest BCUT2D eigenvalue weighted by Crippen LogP contribution is -2.25. The number of rotatable bonds is 5. The van der Waals surface area contributed by atoms with Crippen LogP contribution in [0.3, 0.4) is 0 Å². The standard InChI is InChI=1S/C18H22N4O/c19-10-9-13-5-7-14(8-6-13)12-20-18(23)17-11-15-3-1-2-4-16(15)21-22-17/h5-8,11H,1-4,9-10,12,19H2,(H,20,23). The van der Waals surface area contributed by atoms with Crippen molar-refractivity contribution in [3.63, 3.8) is 0 Å². The van der Waals surface area contributed by atoms with E-state index in [0.29, 0.717) is 18.8 Å². The summed E-state index contributed by atoms with van der Waals surface area (Å²) in [6.45, 7) is 1.13. The highest BCUT2D eigenvalue weighted by Crippen LogP contribution is 2.18. The van der Waals surface area contributed by atoms with E-state index in [1.54, 1.807) is 0 Å². The highest BCUT2D eigenvalue weighted by molar-refractivity contribution is 5.92. The molecule has 0 fully saturated rings. The molecule has 0 saturated heterocycles. The van der Waals surface area contributed by atoms with Crippen LogP contribution < -0.4 is 11.1 Å². The number of benzene rings is 1. The molecule has 1 heterocycles. The number of nitrogens with zero attached hydrogens (tertiary/aromatic N) is 2. The Morgan fingerprint density at radius 1 is 1.09 bits per heavy atom. The minimum atomic E-state index is -0.170. The minimum absolute atomic E-state index is 0.170. The van der Waals surface area contributed by atoms with Gasteiger partial charge in [0.1, 0.15) is 0 Å². The van der Waals surface area contributed by atoms with Crippen LogP contribution >= 0.6 is 0 Å². The largest absolute Gasteiger partial charge is 0.347 e. The van der Waals surface area contributed by atoms with Crippen LogP contribution in [0.5, 0.6) is 0 Å². The molecular weight excluding hydrogens is 288 g/mol. The molecule has 1 aliphatic carbocycles. The van der Waals surface area contributed by atoms with Gasteiger partial charge < -0.3 is 11.1 Å². The molecule has 1 amide bonds. The molecule has 1 aliphatic rings. The molecule has 3 N–H and O–H groups in total. The van der Waals surface area contributed by atoms with Crippen molar-refractivity contribution < 1.29 is 4.79 Å². The van der Waals surface area contributed by atoms with Gasteiger partial charge in [-0.05, 0) is 61.4 Å². The van der Waals surface area contributed by atoms with Gasteiger partial charge in [0, 0.05) is 6.54 Å². The molecule has 1 aromatic heterocycles. The van der Waals surface area contributed by atoms with E-state index in [1.165, 1.54) is 11.1 Å². The number of aromatic nitrogens is 2. The fraction of sp³-hybridized carbons (Fsp3) is 0.389. The third kappa shape index (κ3) is 3.93. The maximum Gasteiger partial charge on any atom is 0.272 e. The topological polar surface area (TPSA) is 80.9 Å². The molecule has 23 heavy (non-hydrogen) atoms. The predicted octanol–water partition coefficient (Wildman–Crippen LogP) is 1.79. The lowest BCUT2D eigenvalue weighted by atomic mass is 9.96. The zero-order chi connectivity index (χ0) is 16.1. The second-order valence-electron chi connectivity index (χ2n) is 5.95. The Hall–Kier alpha value is -2.27. The number of hydrogen-bond acceptors (Lipinski definition) is 4. The number of hydrogen-bond donors (Lipinski definition) is 2. The maximum atomic E-state index is 12.2. The van der Waals surface area contributed by atoms with Crippen LogP contribution in [0.4, 0.5) is 0 Å². The fourth-order valence-corrected chi connectivity index (χ4v) is 2.86. The van der Waals surface area contributed by atoms with Gasteiger partial charge in [-0.15, -0.1) is 5.10 Å². The molecule has 0 radical (unpaired) electrons. The molecule has 1 aromatic carbocycles. The van der Waals surface area contributed by atoms with E-state index in [-0.39, 0.29) is 5.91 Å². The van der Waals surface area contributed by atoms with Crippen LogP contribution in [-0.4, -0.2) is 22.6 Å². The number of aryl methyl sites for hydroxylation is 2. The Labute approximate surface area is 136 Å². The number of nitrogens with two attached hydrogens (primary N) is 1. The summed E-state index contributed by atoms with van der Waals surface area (Å²) >= 11 is 0. The van der Waals surface area contributed by atoms with Gasteiger partial charge in [0.15, 0.2) is 5.69 Å². The molecule has 0 unspecified atom stereocenters. The Bertz CT molecular complexity index is 682. The van der Waals surface area contributed by atoms with Crippen molar-refractivity contribution in [2.75, 3.05) is 6.54 Å². The summed E-state index contributed by atoms with van der Waals surface area (Å²) in [6.07, 6.45) is 5.16. The summed E-state index contributed by atoms with van der Waals surface area (Å²) < 4.78 is 0. The molecular formula is C18H22N4O. The first-order valence-corrected chi connectivity index (χ1v) is 8.18. The SMILES string of the molecule is NCCc1ccc(CNC(=O)c2cc3c(nn2)CCCC3)cc1. The van der Waals surface area contributed by atoms with Crippen molar-refractivity contribution in [3.05, 3.63) is 58.4 Å². The third-order valence-electron chi connectivity index (χ3n) is 4.21. The van der Waals surface area contributed by atoms with Crippen LogP contribution in [0, 0.1) is 0 Å². The molecule has 0 aliphatic heterocycles. The first kappa shape index (κ1) is 15.6. The molecule has 2 aromatic rings. The quantitative estimate of drug-likeness (QED) is 0.882. The van der Waals surface area contributed by atoms with E-state index in [0.717, 1.165) is 43.4 Å². The number of amides is 1. The molecule has 3 rings (SSSR count). The highest BCUT2D eigenvalue weighted by atomic mass is 16.1. The predicted molar refractivity (Wildman–Crippen MR) is 89.0 cm³/mol. The monoisotopic (exact) mass is 310 g/mol. The first-order chi connectivity index (χ1) is 11.3. The Morgan fingerprint density at radius 3 is 2.61 bits per heavy atom. The first-order valence-electron chi connectivity index (χ1n) is 8.18. The second kappa shape index (κ2) is 7.33. The average Bonchev–Trinajstić information content (AvgIpc) is 2.60. The van der Waals surface area contributed by atoms with Gasteiger partial charge in [0.05, 0.1) is 5.69 Å². The fourth-order valence-electron chi connectivity index (χ4n) is 2.86. The van der Waals surface area contributed by atoms with Crippen molar-refractivity contribution in [3.8, 4) is 0 Å². The van der Waals surface area contributed by atoms with Gasteiger partial charge >= 0.3 is 0 Å². The molecule has 0 spiro atoms. The Kier molecular flexibility index (Phi) is 4.98. The Morgan fingerprint density at radius 2 is 1.83 bits per heavy atom. The van der Waals surface area contributed by atoms with Gasteiger partial charge in [0.2, 0.25) is 0 Å². The van der Waals surface area contributed by atoms with Crippen molar-refractivity contribution in [1.82, 2.24) is 15.5 Å². The van der Waals surface area contributed by atoms with E-state index < -0.39 is 0 Å². The van der Waals surface area contributed by atoms with Gasteiger partial charge in [-0.25, -0.2) is 0 Å². The lowest BCUT2D eigenvalue weighted by molar-refractivity contribution is 0.0944. The van der Waals surface area contributed by atoms with Gasteiger partial charge in [0.25, 0.3) is 5.91 Å². The van der Waals surface area contributed by atoms with Crippen molar-refractivity contribution in [2.45, 2.75) is 38.6 Å². The van der Waals surface area contributed by atoms with E-state index in [4.69, 9.17) is 5.73 Å². The molecule has 0 atom stereocenters. The van der Waals surface area contributed by atoms with Crippen molar-refractivity contribution in [1.29, 1.82) is 0 Å². The summed E-state index contributed by atoms with van der Waals surface area (Å²) in [6, 6.07) is 10.0. The van der Waals surface area contributed by atoms with Crippen LogP contribution in [-0.2, 0) is 25.8 Å². The van der Waals surface area contributed by atoms with E-state index >= 15 is 0 Å². The van der Waals surface area contributed by atoms with Crippen LogP contribution in [0.2, 0.25) is 0 Å². The second-order valence-corrected chi connectivity index (χ2v) is 5.95. The highest BCUT2D eigenvalue weighted by Gasteiger charge is 2.15. The number of carbonyl (C=O) groups excluding carboxylic acids is 1. The Balaban J connectivity index is 1.60. The number of carbonyl (C=O) groups is 1. The lowest BCUT2D eigenvalue weighted by Gasteiger charge is -2.14. The average molecular weight is 310 g/mol. The zero-order valence-corrected chi connectivity index (χ0v) is 13.2. The van der Waals surface area contributed by atoms with Crippen LogP contribution in [0.25, 0.3) is 0 Å². The summed E-state index contributed by atoms with van der Waals surface area (Å²) in [4.78, 5) is 12.2. The molecule has 0 bridgehead atoms. The van der Waals surface area contributed by atoms with Gasteiger partial charge in [-0.3, -0.25) is 4.79 Å². The third-order valence-corrected chi connectivity index (χ3v) is 4.21. The minimum Gasteiger partial charge on any atom is -0.347 e. The molecule has 5 nitrogen and oxygen atoms in total. The normalized spacial score (nSPS) is 13.4. The number of fused-ring (bicyclic) bond motifs is 1. The maximum absolute atomic E-state index is 12.2. The van der Waals surface area contributed by atoms with Crippen LogP contribution in [0.1, 0.15) is 45.7 Å². The smallest absolute Gasteiger partial charge is 0.272 e. The van der Waals surface area contributed by atoms with E-state index in [9.17, 15) is 4.79 Å². The van der Waals surface area contributed by atoms with Crippen molar-refractivity contribution >= 4 is 5.91 Å². The summed E-state index contributed by atoms with van der Waals surface area (Å²) in [7, 11) is 0. The summed E-state index contributed by atoms with van der Waals surface area (Å²) in [5.74, 6) is -0.170. The molecule has 120 valence electrons. The summed E-state index contributed by atoms with van der Waals surface area (Å²) in [5, 5.41) is 11.2. The van der Waals surface area contributed by atoms with E-state index in [2.05, 4.69) is 15.5 Å².